The number of aromatic nitrogens is 1. The van der Waals surface area contributed by atoms with Crippen molar-refractivity contribution in [1.29, 1.82) is 0 Å². The van der Waals surface area contributed by atoms with Crippen molar-refractivity contribution in [2.24, 2.45) is 0 Å². The average Bonchev–Trinajstić information content (AvgIpc) is 2.58. The lowest BCUT2D eigenvalue weighted by atomic mass is 10.3. The molecule has 0 saturated heterocycles. The van der Waals surface area contributed by atoms with Crippen LogP contribution in [0.15, 0.2) is 65.8 Å². The molecule has 2 aromatic carbocycles. The number of halogens is 3. The molecule has 0 aliphatic carbocycles. The molecule has 1 aromatic heterocycles. The van der Waals surface area contributed by atoms with Crippen molar-refractivity contribution >= 4 is 61.5 Å². The van der Waals surface area contributed by atoms with Crippen molar-refractivity contribution in [2.75, 3.05) is 4.72 Å². The summed E-state index contributed by atoms with van der Waals surface area (Å²) >= 11 is 14.2. The Labute approximate surface area is 174 Å². The third-order valence-electron chi connectivity index (χ3n) is 3.22. The van der Waals surface area contributed by atoms with Gasteiger partial charge in [0.25, 0.3) is 10.0 Å². The molecule has 0 saturated carbocycles. The van der Waals surface area contributed by atoms with Gasteiger partial charge in [0.15, 0.2) is 0 Å². The first kappa shape index (κ1) is 19.2. The van der Waals surface area contributed by atoms with E-state index in [4.69, 9.17) is 27.9 Å². The van der Waals surface area contributed by atoms with Gasteiger partial charge in [0, 0.05) is 21.5 Å². The van der Waals surface area contributed by atoms with Crippen LogP contribution in [0.25, 0.3) is 0 Å². The van der Waals surface area contributed by atoms with E-state index in [1.165, 1.54) is 30.6 Å². The van der Waals surface area contributed by atoms with Crippen LogP contribution in [-0.2, 0) is 10.0 Å². The van der Waals surface area contributed by atoms with Gasteiger partial charge < -0.3 is 4.74 Å². The molecule has 3 aromatic rings. The van der Waals surface area contributed by atoms with Gasteiger partial charge in [-0.1, -0.05) is 23.2 Å². The number of hydrogen-bond donors (Lipinski definition) is 1. The molecule has 0 unspecified atom stereocenters. The van der Waals surface area contributed by atoms with Gasteiger partial charge in [0.1, 0.15) is 11.5 Å². The molecule has 0 amide bonds. The second kappa shape index (κ2) is 7.99. The molecule has 5 nitrogen and oxygen atoms in total. The fraction of sp³-hybridized carbons (Fsp3) is 0. The Hall–Kier alpha value is -1.55. The standard InChI is InChI=1S/C17H11Cl2IN2O3S/c18-11-7-14(10-21-9-11)25-17-6-5-15(8-16(17)19)26(23,24)22-13-3-1-12(20)2-4-13/h1-10,22H. The van der Waals surface area contributed by atoms with E-state index in [9.17, 15) is 8.42 Å². The number of anilines is 1. The molecule has 1 N–H and O–H groups in total. The molecule has 0 aliphatic heterocycles. The molecule has 0 fully saturated rings. The largest absolute Gasteiger partial charge is 0.454 e. The lowest BCUT2D eigenvalue weighted by molar-refractivity contribution is 0.480. The Morgan fingerprint density at radius 2 is 1.73 bits per heavy atom. The molecule has 0 aliphatic rings. The van der Waals surface area contributed by atoms with E-state index in [0.29, 0.717) is 22.2 Å². The summed E-state index contributed by atoms with van der Waals surface area (Å²) in [6.07, 6.45) is 2.95. The molecule has 0 spiro atoms. The van der Waals surface area contributed by atoms with Gasteiger partial charge in [0.05, 0.1) is 21.1 Å². The van der Waals surface area contributed by atoms with Crippen LogP contribution in [-0.4, -0.2) is 13.4 Å². The van der Waals surface area contributed by atoms with Gasteiger partial charge in [0.2, 0.25) is 0 Å². The Kier molecular flexibility index (Phi) is 5.91. The minimum absolute atomic E-state index is 0.0256. The lowest BCUT2D eigenvalue weighted by Gasteiger charge is -2.11. The molecule has 0 radical (unpaired) electrons. The third-order valence-corrected chi connectivity index (χ3v) is 5.82. The van der Waals surface area contributed by atoms with Gasteiger partial charge in [-0.05, 0) is 65.1 Å². The highest BCUT2D eigenvalue weighted by Crippen LogP contribution is 2.32. The van der Waals surface area contributed by atoms with E-state index in [2.05, 4.69) is 32.3 Å². The summed E-state index contributed by atoms with van der Waals surface area (Å²) in [5.41, 5.74) is 0.465. The number of ether oxygens (including phenoxy) is 1. The quantitative estimate of drug-likeness (QED) is 0.445. The van der Waals surface area contributed by atoms with Crippen LogP contribution >= 0.6 is 45.8 Å². The highest BCUT2D eigenvalue weighted by atomic mass is 127. The van der Waals surface area contributed by atoms with Crippen LogP contribution < -0.4 is 9.46 Å². The van der Waals surface area contributed by atoms with Crippen molar-refractivity contribution < 1.29 is 13.2 Å². The molecule has 9 heteroatoms. The van der Waals surface area contributed by atoms with E-state index in [1.54, 1.807) is 30.3 Å². The van der Waals surface area contributed by atoms with Crippen LogP contribution in [0, 0.1) is 3.57 Å². The lowest BCUT2D eigenvalue weighted by Crippen LogP contribution is -2.12. The Bertz CT molecular complexity index is 1040. The summed E-state index contributed by atoms with van der Waals surface area (Å²) in [6.45, 7) is 0. The maximum Gasteiger partial charge on any atom is 0.261 e. The highest BCUT2D eigenvalue weighted by Gasteiger charge is 2.17. The van der Waals surface area contributed by atoms with E-state index in [0.717, 1.165) is 3.57 Å². The normalized spacial score (nSPS) is 11.2. The van der Waals surface area contributed by atoms with E-state index < -0.39 is 10.0 Å². The summed E-state index contributed by atoms with van der Waals surface area (Å²) in [5.74, 6) is 0.691. The third kappa shape index (κ3) is 4.79. The van der Waals surface area contributed by atoms with Crippen molar-refractivity contribution in [3.05, 3.63) is 74.5 Å². The Balaban J connectivity index is 1.82. The summed E-state index contributed by atoms with van der Waals surface area (Å²) < 4.78 is 34.1. The molecular weight excluding hydrogens is 510 g/mol. The summed E-state index contributed by atoms with van der Waals surface area (Å²) in [6, 6.07) is 12.8. The monoisotopic (exact) mass is 520 g/mol. The molecular formula is C17H11Cl2IN2O3S. The Morgan fingerprint density at radius 3 is 2.38 bits per heavy atom. The summed E-state index contributed by atoms with van der Waals surface area (Å²) in [7, 11) is -3.77. The first-order valence-corrected chi connectivity index (χ1v) is 10.5. The second-order valence-corrected chi connectivity index (χ2v) is 8.92. The number of hydrogen-bond acceptors (Lipinski definition) is 4. The van der Waals surface area contributed by atoms with E-state index in [-0.39, 0.29) is 9.92 Å². The van der Waals surface area contributed by atoms with Gasteiger partial charge in [-0.3, -0.25) is 9.71 Å². The van der Waals surface area contributed by atoms with Crippen molar-refractivity contribution in [1.82, 2.24) is 4.98 Å². The van der Waals surface area contributed by atoms with Crippen LogP contribution in [0.2, 0.25) is 10.0 Å². The van der Waals surface area contributed by atoms with Gasteiger partial charge in [-0.15, -0.1) is 0 Å². The molecule has 1 heterocycles. The fourth-order valence-electron chi connectivity index (χ4n) is 2.04. The molecule has 134 valence electrons. The highest BCUT2D eigenvalue weighted by molar-refractivity contribution is 14.1. The van der Waals surface area contributed by atoms with Gasteiger partial charge in [-0.2, -0.15) is 0 Å². The number of nitrogens with zero attached hydrogens (tertiary/aromatic N) is 1. The molecule has 26 heavy (non-hydrogen) atoms. The Morgan fingerprint density at radius 1 is 1.00 bits per heavy atom. The first-order chi connectivity index (χ1) is 12.3. The van der Waals surface area contributed by atoms with Crippen molar-refractivity contribution in [2.45, 2.75) is 4.90 Å². The average molecular weight is 521 g/mol. The zero-order valence-corrected chi connectivity index (χ0v) is 17.5. The topological polar surface area (TPSA) is 68.3 Å². The van der Waals surface area contributed by atoms with E-state index in [1.807, 2.05) is 0 Å². The van der Waals surface area contributed by atoms with Crippen molar-refractivity contribution in [3.8, 4) is 11.5 Å². The van der Waals surface area contributed by atoms with Gasteiger partial charge >= 0.3 is 0 Å². The van der Waals surface area contributed by atoms with Gasteiger partial charge in [-0.25, -0.2) is 8.42 Å². The minimum atomic E-state index is -3.77. The second-order valence-electron chi connectivity index (χ2n) is 5.15. The van der Waals surface area contributed by atoms with Crippen LogP contribution in [0.1, 0.15) is 0 Å². The van der Waals surface area contributed by atoms with E-state index >= 15 is 0 Å². The van der Waals surface area contributed by atoms with Crippen LogP contribution in [0.5, 0.6) is 11.5 Å². The SMILES string of the molecule is O=S(=O)(Nc1ccc(I)cc1)c1ccc(Oc2cncc(Cl)c2)c(Cl)c1. The number of sulfonamides is 1. The number of pyridine rings is 1. The van der Waals surface area contributed by atoms with Crippen molar-refractivity contribution in [3.63, 3.8) is 0 Å². The van der Waals surface area contributed by atoms with Crippen LogP contribution in [0.3, 0.4) is 0 Å². The molecule has 3 rings (SSSR count). The number of rotatable bonds is 5. The molecule has 0 bridgehead atoms. The zero-order chi connectivity index (χ0) is 18.7. The maximum absolute atomic E-state index is 12.5. The smallest absolute Gasteiger partial charge is 0.261 e. The molecule has 0 atom stereocenters. The predicted molar refractivity (Wildman–Crippen MR) is 111 cm³/mol. The number of nitrogens with one attached hydrogen (secondary N) is 1. The van der Waals surface area contributed by atoms with Crippen LogP contribution in [0.4, 0.5) is 5.69 Å². The maximum atomic E-state index is 12.5. The zero-order valence-electron chi connectivity index (χ0n) is 13.0. The predicted octanol–water partition coefficient (Wildman–Crippen LogP) is 5.59. The fourth-order valence-corrected chi connectivity index (χ4v) is 3.93. The minimum Gasteiger partial charge on any atom is -0.454 e. The first-order valence-electron chi connectivity index (χ1n) is 7.20. The summed E-state index contributed by atoms with van der Waals surface area (Å²) in [4.78, 5) is 3.94. The number of benzene rings is 2. The summed E-state index contributed by atoms with van der Waals surface area (Å²) in [5, 5.41) is 0.565.